The van der Waals surface area contributed by atoms with Gasteiger partial charge in [0.15, 0.2) is 0 Å². The predicted octanol–water partition coefficient (Wildman–Crippen LogP) is 0.936. The minimum Gasteiger partial charge on any atom is -0.382 e. The number of nitrogens with two attached hydrogens (primary N) is 1. The van der Waals surface area contributed by atoms with Gasteiger partial charge in [-0.15, -0.1) is 0 Å². The zero-order valence-corrected chi connectivity index (χ0v) is 4.97. The maximum Gasteiger partial charge on any atom is 0.142 e. The lowest BCUT2D eigenvalue weighted by atomic mass is 10.3. The van der Waals surface area contributed by atoms with Crippen molar-refractivity contribution < 1.29 is 9.60 Å². The summed E-state index contributed by atoms with van der Waals surface area (Å²) in [4.78, 5) is 6.97. The van der Waals surface area contributed by atoms with Gasteiger partial charge in [0.2, 0.25) is 0 Å². The Labute approximate surface area is 69.1 Å². The smallest absolute Gasteiger partial charge is 0.142 e. The van der Waals surface area contributed by atoms with Crippen LogP contribution in [0.5, 0.6) is 0 Å². The van der Waals surface area contributed by atoms with Crippen LogP contribution in [0.3, 0.4) is 0 Å². The molecule has 10 heavy (non-hydrogen) atoms. The topological polar surface area (TPSA) is 51.8 Å². The van der Waals surface area contributed by atoms with Gasteiger partial charge in [-0.05, 0) is 12.7 Å². The lowest BCUT2D eigenvalue weighted by Gasteiger charge is -1.95. The molecule has 1 aromatic rings. The quantitative estimate of drug-likeness (QED) is 0.634. The highest BCUT2D eigenvalue weighted by Crippen LogP contribution is 2.38. The van der Waals surface area contributed by atoms with Crippen molar-refractivity contribution in [1.82, 2.24) is 9.97 Å². The molecule has 0 saturated heterocycles. The minimum atomic E-state index is -2.46. The third-order valence-electron chi connectivity index (χ3n) is 1.05. The summed E-state index contributed by atoms with van der Waals surface area (Å²) >= 11 is 0. The van der Waals surface area contributed by atoms with Crippen LogP contribution >= 0.6 is 0 Å². The van der Waals surface area contributed by atoms with Crippen molar-refractivity contribution in [3.8, 4) is 0 Å². The first kappa shape index (κ1) is 1.94. The zero-order chi connectivity index (χ0) is 13.2. The third-order valence-corrected chi connectivity index (χ3v) is 1.05. The van der Waals surface area contributed by atoms with E-state index in [1.54, 1.807) is 0 Å². The van der Waals surface area contributed by atoms with Gasteiger partial charge < -0.3 is 5.73 Å². The van der Waals surface area contributed by atoms with Gasteiger partial charge >= 0.3 is 0 Å². The molecule has 0 bridgehead atoms. The molecule has 0 amide bonds. The van der Waals surface area contributed by atoms with Crippen LogP contribution in [-0.2, 0) is 0 Å². The monoisotopic (exact) mass is 142 g/mol. The molecule has 0 aromatic carbocycles. The van der Waals surface area contributed by atoms with E-state index in [0.29, 0.717) is 0 Å². The summed E-state index contributed by atoms with van der Waals surface area (Å²) in [5.74, 6) is -2.65. The second-order valence-corrected chi connectivity index (χ2v) is 1.81. The second kappa shape index (κ2) is 1.94. The molecule has 1 fully saturated rings. The van der Waals surface area contributed by atoms with Crippen LogP contribution in [0.4, 0.5) is 5.82 Å². The highest BCUT2D eigenvalue weighted by Gasteiger charge is 2.25. The maximum absolute atomic E-state index is 7.81. The van der Waals surface area contributed by atoms with Gasteiger partial charge in [0.25, 0.3) is 0 Å². The zero-order valence-electron chi connectivity index (χ0n) is 12.0. The summed E-state index contributed by atoms with van der Waals surface area (Å²) in [6.07, 6.45) is -5.95. The summed E-state index contributed by atoms with van der Waals surface area (Å²) in [5.41, 5.74) is 4.85. The Morgan fingerprint density at radius 3 is 3.30 bits per heavy atom. The van der Waals surface area contributed by atoms with Gasteiger partial charge in [-0.25, -0.2) is 4.98 Å². The molecule has 1 saturated carbocycles. The standard InChI is InChI=1S/C7H9N3/c8-7-4-9-3-6(10-7)5-1-2-5/h3-5H,1-2H2,(H2,8,10)/i1D2,2D2,3D,4D,5D. The molecule has 0 unspecified atom stereocenters. The Morgan fingerprint density at radius 2 is 2.60 bits per heavy atom. The summed E-state index contributed by atoms with van der Waals surface area (Å²) < 4.78 is 52.2. The first-order chi connectivity index (χ1) is 7.57. The van der Waals surface area contributed by atoms with Crippen LogP contribution in [0, 0.1) is 0 Å². The van der Waals surface area contributed by atoms with Crippen molar-refractivity contribution in [2.24, 2.45) is 0 Å². The number of anilines is 1. The molecule has 0 spiro atoms. The van der Waals surface area contributed by atoms with E-state index in [9.17, 15) is 0 Å². The van der Waals surface area contributed by atoms with Gasteiger partial charge in [-0.1, -0.05) is 0 Å². The van der Waals surface area contributed by atoms with Gasteiger partial charge in [0.1, 0.15) is 5.82 Å². The van der Waals surface area contributed by atoms with E-state index < -0.39 is 36.7 Å². The van der Waals surface area contributed by atoms with E-state index in [1.807, 2.05) is 0 Å². The molecular weight excluding hydrogens is 126 g/mol. The SMILES string of the molecule is [2H]c1nc([2H])c(C2([2H])C([2H])([2H])C2([2H])[2H])nc1N. The second-order valence-electron chi connectivity index (χ2n) is 1.81. The van der Waals surface area contributed by atoms with E-state index in [-0.39, 0.29) is 5.82 Å². The molecule has 2 N–H and O–H groups in total. The van der Waals surface area contributed by atoms with Crippen LogP contribution in [0.1, 0.15) is 33.9 Å². The Bertz CT molecular complexity index is 486. The molecule has 0 aliphatic heterocycles. The molecule has 0 atom stereocenters. The Balaban J connectivity index is 2.62. The Hall–Kier alpha value is -1.12. The fraction of sp³-hybridized carbons (Fsp3) is 0.429. The van der Waals surface area contributed by atoms with Crippen molar-refractivity contribution in [3.05, 3.63) is 18.0 Å². The number of nitrogen functional groups attached to an aromatic ring is 1. The van der Waals surface area contributed by atoms with Crippen molar-refractivity contribution in [3.63, 3.8) is 0 Å². The number of hydrogen-bond acceptors (Lipinski definition) is 3. The largest absolute Gasteiger partial charge is 0.382 e. The Kier molecular flexibility index (Phi) is 0.375. The lowest BCUT2D eigenvalue weighted by molar-refractivity contribution is 0.995. The molecule has 0 radical (unpaired) electrons. The van der Waals surface area contributed by atoms with Gasteiger partial charge in [-0.3, -0.25) is 4.98 Å². The number of nitrogens with zero attached hydrogens (tertiary/aromatic N) is 2. The first-order valence-electron chi connectivity index (χ1n) is 6.18. The predicted molar refractivity (Wildman–Crippen MR) is 38.4 cm³/mol. The van der Waals surface area contributed by atoms with Crippen molar-refractivity contribution in [1.29, 1.82) is 0 Å². The molecule has 52 valence electrons. The van der Waals surface area contributed by atoms with E-state index >= 15 is 0 Å². The molecular formula is C7H9N3. The summed E-state index contributed by atoms with van der Waals surface area (Å²) in [6, 6.07) is 0. The van der Waals surface area contributed by atoms with Crippen molar-refractivity contribution in [2.75, 3.05) is 5.73 Å². The van der Waals surface area contributed by atoms with Crippen LogP contribution in [0.25, 0.3) is 0 Å². The molecule has 1 heterocycles. The average Bonchev–Trinajstić information content (AvgIpc) is 2.51. The van der Waals surface area contributed by atoms with Gasteiger partial charge in [0.05, 0.1) is 14.6 Å². The molecule has 2 rings (SSSR count). The summed E-state index contributed by atoms with van der Waals surface area (Å²) in [7, 11) is 0. The first-order valence-corrected chi connectivity index (χ1v) is 2.68. The van der Waals surface area contributed by atoms with Crippen molar-refractivity contribution in [2.45, 2.75) is 18.6 Å². The van der Waals surface area contributed by atoms with E-state index in [2.05, 4.69) is 9.97 Å². The minimum absolute atomic E-state index is 0.346. The fourth-order valence-electron chi connectivity index (χ4n) is 0.570. The number of aromatic nitrogens is 2. The van der Waals surface area contributed by atoms with Gasteiger partial charge in [0, 0.05) is 18.9 Å². The summed E-state index contributed by atoms with van der Waals surface area (Å²) in [6.45, 7) is 0. The van der Waals surface area contributed by atoms with E-state index in [4.69, 9.17) is 15.3 Å². The van der Waals surface area contributed by atoms with Crippen LogP contribution in [-0.4, -0.2) is 9.97 Å². The molecule has 1 aromatic heterocycles. The van der Waals surface area contributed by atoms with Gasteiger partial charge in [-0.2, -0.15) is 0 Å². The molecule has 3 heteroatoms. The van der Waals surface area contributed by atoms with Crippen LogP contribution in [0.2, 0.25) is 0 Å². The van der Waals surface area contributed by atoms with E-state index in [1.165, 1.54) is 0 Å². The van der Waals surface area contributed by atoms with Crippen molar-refractivity contribution >= 4 is 5.82 Å². The van der Waals surface area contributed by atoms with Crippen LogP contribution in [0.15, 0.2) is 12.3 Å². The normalized spacial score (nSPS) is 40.6. The summed E-state index contributed by atoms with van der Waals surface area (Å²) in [5, 5.41) is 0. The highest BCUT2D eigenvalue weighted by atomic mass is 14.9. The third kappa shape index (κ3) is 0.943. The number of hydrogen-bond donors (Lipinski definition) is 1. The maximum atomic E-state index is 7.81. The highest BCUT2D eigenvalue weighted by molar-refractivity contribution is 5.26. The Morgan fingerprint density at radius 1 is 1.80 bits per heavy atom. The van der Waals surface area contributed by atoms with E-state index in [0.717, 1.165) is 0 Å². The number of rotatable bonds is 1. The molecule has 1 aliphatic carbocycles. The van der Waals surface area contributed by atoms with Crippen LogP contribution < -0.4 is 5.73 Å². The lowest BCUT2D eigenvalue weighted by Crippen LogP contribution is -1.94. The average molecular weight is 142 g/mol. The molecule has 3 nitrogen and oxygen atoms in total. The molecule has 1 aliphatic rings. The fourth-order valence-corrected chi connectivity index (χ4v) is 0.570.